The molecule has 1 aliphatic rings. The van der Waals surface area contributed by atoms with Gasteiger partial charge in [0, 0.05) is 39.8 Å². The normalized spacial score (nSPS) is 20.9. The van der Waals surface area contributed by atoms with Crippen LogP contribution in [0.15, 0.2) is 0 Å². The average molecular weight is 230 g/mol. The smallest absolute Gasteiger partial charge is 0.320 e. The molecule has 5 heteroatoms. The molecule has 0 spiro atoms. The van der Waals surface area contributed by atoms with E-state index < -0.39 is 5.97 Å². The van der Waals surface area contributed by atoms with E-state index in [0.717, 1.165) is 39.3 Å². The van der Waals surface area contributed by atoms with Crippen molar-refractivity contribution >= 4 is 5.97 Å². The van der Waals surface area contributed by atoms with Crippen molar-refractivity contribution in [1.82, 2.24) is 9.80 Å². The Balaban J connectivity index is 2.33. The van der Waals surface area contributed by atoms with Crippen molar-refractivity contribution in [1.29, 1.82) is 0 Å². The monoisotopic (exact) mass is 230 g/mol. The van der Waals surface area contributed by atoms with Crippen LogP contribution < -0.4 is 0 Å². The Morgan fingerprint density at radius 3 is 2.44 bits per heavy atom. The minimum absolute atomic E-state index is 0.315. The minimum atomic E-state index is -0.701. The number of aliphatic carboxylic acids is 1. The summed E-state index contributed by atoms with van der Waals surface area (Å²) < 4.78 is 5.03. The highest BCUT2D eigenvalue weighted by molar-refractivity contribution is 5.73. The van der Waals surface area contributed by atoms with Crippen LogP contribution in [0.25, 0.3) is 0 Å². The number of piperazine rings is 1. The van der Waals surface area contributed by atoms with Crippen LogP contribution in [0, 0.1) is 0 Å². The molecule has 0 unspecified atom stereocenters. The number of methoxy groups -OCH3 is 1. The van der Waals surface area contributed by atoms with Gasteiger partial charge in [-0.2, -0.15) is 0 Å². The molecule has 0 saturated carbocycles. The molecule has 1 atom stereocenters. The SMILES string of the molecule is CC[C@H](C(=O)O)N1CCN(CCOC)CC1. The van der Waals surface area contributed by atoms with Crippen molar-refractivity contribution in [2.75, 3.05) is 46.4 Å². The maximum absolute atomic E-state index is 11.0. The Bertz CT molecular complexity index is 215. The van der Waals surface area contributed by atoms with Gasteiger partial charge in [0.2, 0.25) is 0 Å². The van der Waals surface area contributed by atoms with E-state index in [1.807, 2.05) is 6.92 Å². The third-order valence-electron chi connectivity index (χ3n) is 3.13. The first-order valence-electron chi connectivity index (χ1n) is 5.87. The number of carboxylic acid groups (broad SMARTS) is 1. The summed E-state index contributed by atoms with van der Waals surface area (Å²) in [5.74, 6) is -0.701. The molecule has 0 aliphatic carbocycles. The van der Waals surface area contributed by atoms with Gasteiger partial charge in [0.15, 0.2) is 0 Å². The first kappa shape index (κ1) is 13.4. The van der Waals surface area contributed by atoms with E-state index in [1.165, 1.54) is 0 Å². The Kier molecular flexibility index (Phi) is 5.73. The summed E-state index contributed by atoms with van der Waals surface area (Å²) in [6.07, 6.45) is 0.674. The predicted octanol–water partition coefficient (Wildman–Crippen LogP) is 0.114. The maximum atomic E-state index is 11.0. The Labute approximate surface area is 97.0 Å². The fourth-order valence-electron chi connectivity index (χ4n) is 2.11. The van der Waals surface area contributed by atoms with Gasteiger partial charge in [-0.15, -0.1) is 0 Å². The molecule has 5 nitrogen and oxygen atoms in total. The van der Waals surface area contributed by atoms with Crippen LogP contribution >= 0.6 is 0 Å². The zero-order valence-corrected chi connectivity index (χ0v) is 10.2. The topological polar surface area (TPSA) is 53.0 Å². The van der Waals surface area contributed by atoms with Crippen LogP contribution in [0.2, 0.25) is 0 Å². The van der Waals surface area contributed by atoms with Gasteiger partial charge < -0.3 is 9.84 Å². The van der Waals surface area contributed by atoms with Crippen LogP contribution in [-0.2, 0) is 9.53 Å². The molecule has 1 heterocycles. The molecule has 94 valence electrons. The lowest BCUT2D eigenvalue weighted by Gasteiger charge is -2.37. The van der Waals surface area contributed by atoms with Crippen molar-refractivity contribution in [2.45, 2.75) is 19.4 Å². The first-order chi connectivity index (χ1) is 7.69. The molecule has 0 radical (unpaired) electrons. The number of hydrogen-bond acceptors (Lipinski definition) is 4. The van der Waals surface area contributed by atoms with Gasteiger partial charge in [-0.3, -0.25) is 14.6 Å². The second-order valence-corrected chi connectivity index (χ2v) is 4.13. The van der Waals surface area contributed by atoms with Crippen LogP contribution in [0.3, 0.4) is 0 Å². The van der Waals surface area contributed by atoms with E-state index in [1.54, 1.807) is 7.11 Å². The highest BCUT2D eigenvalue weighted by atomic mass is 16.5. The zero-order chi connectivity index (χ0) is 12.0. The highest BCUT2D eigenvalue weighted by Gasteiger charge is 2.26. The molecule has 0 amide bonds. The quantitative estimate of drug-likeness (QED) is 0.702. The van der Waals surface area contributed by atoms with E-state index in [0.29, 0.717) is 6.42 Å². The lowest BCUT2D eigenvalue weighted by Crippen LogP contribution is -2.52. The van der Waals surface area contributed by atoms with E-state index in [-0.39, 0.29) is 6.04 Å². The van der Waals surface area contributed by atoms with Crippen LogP contribution in [-0.4, -0.2) is 73.4 Å². The van der Waals surface area contributed by atoms with Gasteiger partial charge in [-0.1, -0.05) is 6.92 Å². The minimum Gasteiger partial charge on any atom is -0.480 e. The number of hydrogen-bond donors (Lipinski definition) is 1. The fourth-order valence-corrected chi connectivity index (χ4v) is 2.11. The standard InChI is InChI=1S/C11H22N2O3/c1-3-10(11(14)15)13-6-4-12(5-7-13)8-9-16-2/h10H,3-9H2,1-2H3,(H,14,15)/t10-/m1/s1. The van der Waals surface area contributed by atoms with E-state index >= 15 is 0 Å². The predicted molar refractivity (Wildman–Crippen MR) is 61.6 cm³/mol. The molecule has 1 rings (SSSR count). The highest BCUT2D eigenvalue weighted by Crippen LogP contribution is 2.09. The van der Waals surface area contributed by atoms with Gasteiger partial charge >= 0.3 is 5.97 Å². The number of rotatable bonds is 6. The van der Waals surface area contributed by atoms with Gasteiger partial charge in [0.1, 0.15) is 6.04 Å². The lowest BCUT2D eigenvalue weighted by atomic mass is 10.1. The Morgan fingerprint density at radius 2 is 2.00 bits per heavy atom. The molecule has 0 aromatic carbocycles. The summed E-state index contributed by atoms with van der Waals surface area (Å²) in [7, 11) is 1.70. The molecular weight excluding hydrogens is 208 g/mol. The summed E-state index contributed by atoms with van der Waals surface area (Å²) in [5.41, 5.74) is 0. The van der Waals surface area contributed by atoms with Gasteiger partial charge in [-0.05, 0) is 6.42 Å². The average Bonchev–Trinajstić information content (AvgIpc) is 2.28. The maximum Gasteiger partial charge on any atom is 0.320 e. The van der Waals surface area contributed by atoms with E-state index in [2.05, 4.69) is 9.80 Å². The summed E-state index contributed by atoms with van der Waals surface area (Å²) in [5, 5.41) is 9.06. The number of ether oxygens (including phenoxy) is 1. The third-order valence-corrected chi connectivity index (χ3v) is 3.13. The first-order valence-corrected chi connectivity index (χ1v) is 5.87. The van der Waals surface area contributed by atoms with Crippen molar-refractivity contribution in [2.24, 2.45) is 0 Å². The molecule has 1 saturated heterocycles. The lowest BCUT2D eigenvalue weighted by molar-refractivity contribution is -0.144. The van der Waals surface area contributed by atoms with Crippen molar-refractivity contribution in [3.63, 3.8) is 0 Å². The Hall–Kier alpha value is -0.650. The number of nitrogens with zero attached hydrogens (tertiary/aromatic N) is 2. The summed E-state index contributed by atoms with van der Waals surface area (Å²) in [6.45, 7) is 7.17. The zero-order valence-electron chi connectivity index (χ0n) is 10.2. The molecule has 0 bridgehead atoms. The third kappa shape index (κ3) is 3.73. The van der Waals surface area contributed by atoms with Gasteiger partial charge in [0.05, 0.1) is 6.61 Å². The summed E-state index contributed by atoms with van der Waals surface area (Å²) in [6, 6.07) is -0.315. The van der Waals surface area contributed by atoms with Gasteiger partial charge in [0.25, 0.3) is 0 Å². The molecule has 16 heavy (non-hydrogen) atoms. The number of carbonyl (C=O) groups is 1. The second kappa shape index (κ2) is 6.83. The van der Waals surface area contributed by atoms with Crippen molar-refractivity contribution < 1.29 is 14.6 Å². The van der Waals surface area contributed by atoms with Crippen LogP contribution in [0.5, 0.6) is 0 Å². The van der Waals surface area contributed by atoms with Crippen molar-refractivity contribution in [3.05, 3.63) is 0 Å². The molecule has 1 fully saturated rings. The summed E-state index contributed by atoms with van der Waals surface area (Å²) in [4.78, 5) is 15.4. The molecule has 0 aromatic heterocycles. The van der Waals surface area contributed by atoms with Crippen molar-refractivity contribution in [3.8, 4) is 0 Å². The molecule has 1 aliphatic heterocycles. The molecule has 1 N–H and O–H groups in total. The second-order valence-electron chi connectivity index (χ2n) is 4.13. The van der Waals surface area contributed by atoms with E-state index in [9.17, 15) is 4.79 Å². The van der Waals surface area contributed by atoms with Gasteiger partial charge in [-0.25, -0.2) is 0 Å². The van der Waals surface area contributed by atoms with E-state index in [4.69, 9.17) is 9.84 Å². The van der Waals surface area contributed by atoms with Crippen LogP contribution in [0.1, 0.15) is 13.3 Å². The fraction of sp³-hybridized carbons (Fsp3) is 0.909. The molecule has 0 aromatic rings. The number of carboxylic acids is 1. The summed E-state index contributed by atoms with van der Waals surface area (Å²) >= 11 is 0. The Morgan fingerprint density at radius 1 is 1.38 bits per heavy atom. The molecular formula is C11H22N2O3. The largest absolute Gasteiger partial charge is 0.480 e. The van der Waals surface area contributed by atoms with Crippen LogP contribution in [0.4, 0.5) is 0 Å².